The van der Waals surface area contributed by atoms with E-state index in [1.54, 1.807) is 22.2 Å². The number of hydrogen-bond donors (Lipinski definition) is 0. The molecule has 2 aromatic heterocycles. The van der Waals surface area contributed by atoms with Crippen molar-refractivity contribution >= 4 is 21.6 Å². The second-order valence-corrected chi connectivity index (χ2v) is 5.91. The minimum Gasteiger partial charge on any atom is -0.382 e. The normalized spacial score (nSPS) is 14.2. The Morgan fingerprint density at radius 1 is 1.47 bits per heavy atom. The molecule has 0 aromatic carbocycles. The standard InChI is InChI=1S/C14H18N2O2S/c1-2-18-8-4-7-16-9-15-13-12(14(16)17)10-5-3-6-11(10)19-13/h9H,2-8H2,1H3. The zero-order valence-corrected chi connectivity index (χ0v) is 12.0. The van der Waals surface area contributed by atoms with Gasteiger partial charge in [-0.25, -0.2) is 4.98 Å². The molecular weight excluding hydrogens is 260 g/mol. The van der Waals surface area contributed by atoms with Crippen LogP contribution in [-0.4, -0.2) is 22.8 Å². The van der Waals surface area contributed by atoms with E-state index in [1.807, 2.05) is 6.92 Å². The van der Waals surface area contributed by atoms with E-state index in [4.69, 9.17) is 4.74 Å². The number of hydrogen-bond acceptors (Lipinski definition) is 4. The third-order valence-electron chi connectivity index (χ3n) is 3.58. The highest BCUT2D eigenvalue weighted by atomic mass is 32.1. The maximum atomic E-state index is 12.5. The van der Waals surface area contributed by atoms with E-state index in [9.17, 15) is 4.79 Å². The lowest BCUT2D eigenvalue weighted by atomic mass is 10.2. The van der Waals surface area contributed by atoms with Crippen LogP contribution in [0.2, 0.25) is 0 Å². The average molecular weight is 278 g/mol. The number of ether oxygens (including phenoxy) is 1. The molecule has 19 heavy (non-hydrogen) atoms. The van der Waals surface area contributed by atoms with Crippen molar-refractivity contribution < 1.29 is 4.74 Å². The van der Waals surface area contributed by atoms with Crippen LogP contribution in [-0.2, 0) is 24.1 Å². The Hall–Kier alpha value is -1.20. The van der Waals surface area contributed by atoms with Crippen LogP contribution in [0.15, 0.2) is 11.1 Å². The van der Waals surface area contributed by atoms with Crippen molar-refractivity contribution in [1.29, 1.82) is 0 Å². The topological polar surface area (TPSA) is 44.1 Å². The molecule has 4 nitrogen and oxygen atoms in total. The van der Waals surface area contributed by atoms with E-state index < -0.39 is 0 Å². The first-order valence-corrected chi connectivity index (χ1v) is 7.70. The van der Waals surface area contributed by atoms with Crippen molar-refractivity contribution in [1.82, 2.24) is 9.55 Å². The molecule has 3 rings (SSSR count). The van der Waals surface area contributed by atoms with Crippen molar-refractivity contribution in [2.45, 2.75) is 39.2 Å². The van der Waals surface area contributed by atoms with Crippen LogP contribution in [0.25, 0.3) is 10.2 Å². The molecule has 0 bridgehead atoms. The number of nitrogens with zero attached hydrogens (tertiary/aromatic N) is 2. The van der Waals surface area contributed by atoms with Gasteiger partial charge in [-0.3, -0.25) is 9.36 Å². The third-order valence-corrected chi connectivity index (χ3v) is 4.78. The van der Waals surface area contributed by atoms with Gasteiger partial charge in [0.05, 0.1) is 11.7 Å². The first-order valence-electron chi connectivity index (χ1n) is 6.88. The van der Waals surface area contributed by atoms with Gasteiger partial charge in [0.1, 0.15) is 4.83 Å². The molecule has 0 saturated carbocycles. The van der Waals surface area contributed by atoms with Gasteiger partial charge in [0.2, 0.25) is 0 Å². The highest BCUT2D eigenvalue weighted by Crippen LogP contribution is 2.34. The highest BCUT2D eigenvalue weighted by molar-refractivity contribution is 7.18. The molecule has 0 fully saturated rings. The predicted octanol–water partition coefficient (Wildman–Crippen LogP) is 2.37. The van der Waals surface area contributed by atoms with E-state index in [0.29, 0.717) is 13.2 Å². The average Bonchev–Trinajstić information content (AvgIpc) is 2.97. The molecule has 5 heteroatoms. The minimum absolute atomic E-state index is 0.126. The highest BCUT2D eigenvalue weighted by Gasteiger charge is 2.20. The van der Waals surface area contributed by atoms with Gasteiger partial charge in [-0.2, -0.15) is 0 Å². The zero-order valence-electron chi connectivity index (χ0n) is 11.1. The van der Waals surface area contributed by atoms with Crippen LogP contribution in [0.1, 0.15) is 30.2 Å². The Balaban J connectivity index is 1.90. The van der Waals surface area contributed by atoms with Crippen molar-refractivity contribution in [3.8, 4) is 0 Å². The molecule has 1 aliphatic carbocycles. The Morgan fingerprint density at radius 3 is 3.21 bits per heavy atom. The molecule has 0 saturated heterocycles. The minimum atomic E-state index is 0.126. The van der Waals surface area contributed by atoms with Crippen LogP contribution < -0.4 is 5.56 Å². The van der Waals surface area contributed by atoms with E-state index in [2.05, 4.69) is 4.98 Å². The van der Waals surface area contributed by atoms with Crippen LogP contribution in [0.3, 0.4) is 0 Å². The molecule has 0 atom stereocenters. The fourth-order valence-electron chi connectivity index (χ4n) is 2.66. The Morgan fingerprint density at radius 2 is 2.37 bits per heavy atom. The number of rotatable bonds is 5. The number of aryl methyl sites for hydroxylation is 3. The molecule has 0 unspecified atom stereocenters. The second-order valence-electron chi connectivity index (χ2n) is 4.83. The van der Waals surface area contributed by atoms with Crippen LogP contribution >= 0.6 is 11.3 Å². The van der Waals surface area contributed by atoms with Crippen molar-refractivity contribution in [2.75, 3.05) is 13.2 Å². The molecule has 0 radical (unpaired) electrons. The Kier molecular flexibility index (Phi) is 3.66. The number of thiophene rings is 1. The monoisotopic (exact) mass is 278 g/mol. The van der Waals surface area contributed by atoms with Crippen molar-refractivity contribution in [2.24, 2.45) is 0 Å². The molecule has 1 aliphatic rings. The van der Waals surface area contributed by atoms with Gasteiger partial charge in [-0.1, -0.05) is 0 Å². The van der Waals surface area contributed by atoms with E-state index in [1.165, 1.54) is 16.9 Å². The van der Waals surface area contributed by atoms with E-state index in [0.717, 1.165) is 36.1 Å². The first-order chi connectivity index (χ1) is 9.31. The fourth-order valence-corrected chi connectivity index (χ4v) is 3.88. The molecular formula is C14H18N2O2S. The zero-order chi connectivity index (χ0) is 13.2. The number of fused-ring (bicyclic) bond motifs is 3. The van der Waals surface area contributed by atoms with Gasteiger partial charge >= 0.3 is 0 Å². The predicted molar refractivity (Wildman–Crippen MR) is 77.0 cm³/mol. The quantitative estimate of drug-likeness (QED) is 0.789. The maximum absolute atomic E-state index is 12.5. The van der Waals surface area contributed by atoms with Gasteiger partial charge in [0, 0.05) is 24.6 Å². The summed E-state index contributed by atoms with van der Waals surface area (Å²) in [6, 6.07) is 0. The summed E-state index contributed by atoms with van der Waals surface area (Å²) in [6.07, 6.45) is 5.86. The molecule has 0 spiro atoms. The van der Waals surface area contributed by atoms with Gasteiger partial charge < -0.3 is 4.74 Å². The third kappa shape index (κ3) is 2.32. The van der Waals surface area contributed by atoms with Crippen LogP contribution in [0.4, 0.5) is 0 Å². The van der Waals surface area contributed by atoms with Gasteiger partial charge in [0.15, 0.2) is 0 Å². The molecule has 2 aromatic rings. The maximum Gasteiger partial charge on any atom is 0.262 e. The molecule has 0 aliphatic heterocycles. The van der Waals surface area contributed by atoms with Gasteiger partial charge in [-0.05, 0) is 38.2 Å². The first kappa shape index (κ1) is 12.8. The SMILES string of the molecule is CCOCCCn1cnc2sc3c(c2c1=O)CCC3. The Labute approximate surface area is 116 Å². The smallest absolute Gasteiger partial charge is 0.262 e. The molecule has 0 N–H and O–H groups in total. The summed E-state index contributed by atoms with van der Waals surface area (Å²) in [5, 5.41) is 0.872. The van der Waals surface area contributed by atoms with Crippen LogP contribution in [0, 0.1) is 0 Å². The summed E-state index contributed by atoms with van der Waals surface area (Å²) in [4.78, 5) is 19.2. The van der Waals surface area contributed by atoms with Gasteiger partial charge in [-0.15, -0.1) is 11.3 Å². The summed E-state index contributed by atoms with van der Waals surface area (Å²) < 4.78 is 7.04. The molecule has 0 amide bonds. The van der Waals surface area contributed by atoms with E-state index in [-0.39, 0.29) is 5.56 Å². The lowest BCUT2D eigenvalue weighted by Gasteiger charge is -2.05. The largest absolute Gasteiger partial charge is 0.382 e. The summed E-state index contributed by atoms with van der Waals surface area (Å²) in [5.74, 6) is 0. The van der Waals surface area contributed by atoms with E-state index >= 15 is 0 Å². The fraction of sp³-hybridized carbons (Fsp3) is 0.571. The summed E-state index contributed by atoms with van der Waals surface area (Å²) >= 11 is 1.69. The lowest BCUT2D eigenvalue weighted by molar-refractivity contribution is 0.141. The van der Waals surface area contributed by atoms with Crippen molar-refractivity contribution in [3.63, 3.8) is 0 Å². The number of aromatic nitrogens is 2. The summed E-state index contributed by atoms with van der Waals surface area (Å²) in [7, 11) is 0. The molecule has 2 heterocycles. The van der Waals surface area contributed by atoms with Gasteiger partial charge in [0.25, 0.3) is 5.56 Å². The van der Waals surface area contributed by atoms with Crippen LogP contribution in [0.5, 0.6) is 0 Å². The second kappa shape index (κ2) is 5.43. The lowest BCUT2D eigenvalue weighted by Crippen LogP contribution is -2.21. The summed E-state index contributed by atoms with van der Waals surface area (Å²) in [6.45, 7) is 4.09. The molecule has 102 valence electrons. The summed E-state index contributed by atoms with van der Waals surface area (Å²) in [5.41, 5.74) is 1.39. The van der Waals surface area contributed by atoms with Crippen molar-refractivity contribution in [3.05, 3.63) is 27.1 Å². The Bertz CT molecular complexity index is 645.